The Kier molecular flexibility index (Phi) is 7.73. The van der Waals surface area contributed by atoms with E-state index in [1.165, 1.54) is 11.3 Å². The fraction of sp³-hybridized carbons (Fsp3) is 0.516. The Morgan fingerprint density at radius 3 is 2.00 bits per heavy atom. The van der Waals surface area contributed by atoms with E-state index < -0.39 is 30.1 Å². The van der Waals surface area contributed by atoms with E-state index in [4.69, 9.17) is 4.74 Å². The Bertz CT molecular complexity index is 1110. The molecule has 0 aliphatic heterocycles. The second kappa shape index (κ2) is 11.2. The van der Waals surface area contributed by atoms with Gasteiger partial charge in [-0.25, -0.2) is 4.79 Å². The first-order chi connectivity index (χ1) is 18.3. The molecule has 0 radical (unpaired) electrons. The normalized spacial score (nSPS) is 26.8. The van der Waals surface area contributed by atoms with Gasteiger partial charge in [-0.1, -0.05) is 60.7 Å². The number of nitrogens with zero attached hydrogens (tertiary/aromatic N) is 1. The van der Waals surface area contributed by atoms with E-state index in [0.29, 0.717) is 18.3 Å². The number of rotatable bonds is 10. The molecule has 1 unspecified atom stereocenters. The summed E-state index contributed by atoms with van der Waals surface area (Å²) in [5, 5.41) is 12.5. The monoisotopic (exact) mass is 518 g/mol. The second-order valence-corrected chi connectivity index (χ2v) is 11.8. The van der Waals surface area contributed by atoms with Crippen LogP contribution in [-0.4, -0.2) is 52.7 Å². The summed E-state index contributed by atoms with van der Waals surface area (Å²) in [5.41, 5.74) is 0.516. The summed E-state index contributed by atoms with van der Waals surface area (Å²) in [6.45, 7) is 1.46. The molecule has 4 bridgehead atoms. The number of aliphatic carboxylic acids is 1. The fourth-order valence-corrected chi connectivity index (χ4v) is 7.30. The van der Waals surface area contributed by atoms with Crippen molar-refractivity contribution in [3.63, 3.8) is 0 Å². The van der Waals surface area contributed by atoms with Crippen molar-refractivity contribution >= 4 is 18.0 Å². The molecule has 2 aromatic rings. The van der Waals surface area contributed by atoms with Crippen LogP contribution in [0.25, 0.3) is 0 Å². The number of ether oxygens (including phenoxy) is 1. The molecule has 7 nitrogen and oxygen atoms in total. The molecule has 0 saturated heterocycles. The molecule has 0 spiro atoms. The third-order valence-electron chi connectivity index (χ3n) is 8.76. The number of carboxylic acid groups (broad SMARTS) is 1. The maximum atomic E-state index is 14.0. The molecule has 6 rings (SSSR count). The number of benzene rings is 2. The Hall–Kier alpha value is -3.35. The molecule has 202 valence electrons. The first-order valence-corrected chi connectivity index (χ1v) is 13.9. The summed E-state index contributed by atoms with van der Waals surface area (Å²) in [6.07, 6.45) is 5.85. The number of alkyl carbamates (subject to hydrolysis) is 1. The van der Waals surface area contributed by atoms with Gasteiger partial charge in [0.05, 0.1) is 0 Å². The van der Waals surface area contributed by atoms with Crippen LogP contribution in [0, 0.1) is 23.7 Å². The zero-order valence-corrected chi connectivity index (χ0v) is 22.1. The number of carbonyl (C=O) groups excluding carboxylic acids is 2. The van der Waals surface area contributed by atoms with Crippen molar-refractivity contribution < 1.29 is 24.2 Å². The summed E-state index contributed by atoms with van der Waals surface area (Å²) >= 11 is 0. The van der Waals surface area contributed by atoms with E-state index in [0.717, 1.165) is 48.6 Å². The Morgan fingerprint density at radius 2 is 1.45 bits per heavy atom. The molecule has 38 heavy (non-hydrogen) atoms. The predicted molar refractivity (Wildman–Crippen MR) is 143 cm³/mol. The van der Waals surface area contributed by atoms with Crippen molar-refractivity contribution in [1.29, 1.82) is 0 Å². The van der Waals surface area contributed by atoms with E-state index in [9.17, 15) is 19.5 Å². The van der Waals surface area contributed by atoms with Gasteiger partial charge in [0.2, 0.25) is 5.91 Å². The minimum absolute atomic E-state index is 0.105. The third kappa shape index (κ3) is 6.03. The first kappa shape index (κ1) is 26.3. The molecule has 4 fully saturated rings. The Balaban J connectivity index is 1.33. The van der Waals surface area contributed by atoms with Gasteiger partial charge in [0, 0.05) is 13.0 Å². The lowest BCUT2D eigenvalue weighted by Gasteiger charge is -2.53. The summed E-state index contributed by atoms with van der Waals surface area (Å²) < 4.78 is 6.06. The van der Waals surface area contributed by atoms with Gasteiger partial charge < -0.3 is 20.1 Å². The third-order valence-corrected chi connectivity index (χ3v) is 8.76. The molecule has 2 aromatic carbocycles. The van der Waals surface area contributed by atoms with E-state index in [1.807, 2.05) is 60.7 Å². The van der Waals surface area contributed by atoms with Crippen molar-refractivity contribution in [2.45, 2.75) is 63.5 Å². The standard InChI is InChI=1S/C31H38N2O5/c1-31(19-22-10-6-3-7-11-22,29(36)33(20-27(34)35)13-12-21-8-4-2-5-9-21)32-30(37)38-28-25-15-23-14-24(17-25)18-26(28)16-23/h2-11,23-26,28H,12-20H2,1H3,(H,32,37)(H,34,35). The van der Waals surface area contributed by atoms with Crippen LogP contribution < -0.4 is 5.32 Å². The number of carbonyl (C=O) groups is 3. The van der Waals surface area contributed by atoms with Crippen LogP contribution in [0.2, 0.25) is 0 Å². The zero-order chi connectivity index (χ0) is 26.7. The van der Waals surface area contributed by atoms with Gasteiger partial charge in [-0.05, 0) is 80.2 Å². The van der Waals surface area contributed by atoms with Crippen LogP contribution in [0.5, 0.6) is 0 Å². The SMILES string of the molecule is CC(Cc1ccccc1)(NC(=O)OC1C2CC3CC(C2)CC1C3)C(=O)N(CCc1ccccc1)CC(=O)O. The Morgan fingerprint density at radius 1 is 0.895 bits per heavy atom. The molecular weight excluding hydrogens is 480 g/mol. The molecule has 4 aliphatic carbocycles. The number of amides is 2. The van der Waals surface area contributed by atoms with Crippen LogP contribution in [0.15, 0.2) is 60.7 Å². The molecule has 2 amide bonds. The molecule has 0 aromatic heterocycles. The van der Waals surface area contributed by atoms with Crippen LogP contribution in [0.3, 0.4) is 0 Å². The lowest BCUT2D eigenvalue weighted by Crippen LogP contribution is -2.61. The van der Waals surface area contributed by atoms with Crippen molar-refractivity contribution in [3.05, 3.63) is 71.8 Å². The lowest BCUT2D eigenvalue weighted by atomic mass is 9.55. The topological polar surface area (TPSA) is 95.9 Å². The van der Waals surface area contributed by atoms with Gasteiger partial charge in [-0.2, -0.15) is 0 Å². The average molecular weight is 519 g/mol. The maximum absolute atomic E-state index is 14.0. The number of carboxylic acids is 1. The average Bonchev–Trinajstić information content (AvgIpc) is 2.88. The van der Waals surface area contributed by atoms with Crippen molar-refractivity contribution in [3.8, 4) is 0 Å². The number of nitrogens with one attached hydrogen (secondary N) is 1. The summed E-state index contributed by atoms with van der Waals surface area (Å²) in [5.74, 6) is 0.815. The largest absolute Gasteiger partial charge is 0.480 e. The molecule has 4 saturated carbocycles. The highest BCUT2D eigenvalue weighted by atomic mass is 16.6. The fourth-order valence-electron chi connectivity index (χ4n) is 7.30. The summed E-state index contributed by atoms with van der Waals surface area (Å²) in [4.78, 5) is 40.4. The van der Waals surface area contributed by atoms with E-state index in [1.54, 1.807) is 6.92 Å². The van der Waals surface area contributed by atoms with Crippen LogP contribution in [0.4, 0.5) is 4.79 Å². The van der Waals surface area contributed by atoms with Gasteiger partial charge >= 0.3 is 12.1 Å². The summed E-state index contributed by atoms with van der Waals surface area (Å²) in [6, 6.07) is 19.1. The van der Waals surface area contributed by atoms with Gasteiger partial charge in [0.15, 0.2) is 0 Å². The molecular formula is C31H38N2O5. The van der Waals surface area contributed by atoms with E-state index in [-0.39, 0.29) is 19.1 Å². The van der Waals surface area contributed by atoms with Crippen molar-refractivity contribution in [2.75, 3.05) is 13.1 Å². The zero-order valence-electron chi connectivity index (χ0n) is 22.1. The quantitative estimate of drug-likeness (QED) is 0.476. The van der Waals surface area contributed by atoms with Crippen LogP contribution >= 0.6 is 0 Å². The minimum atomic E-state index is -1.36. The highest BCUT2D eigenvalue weighted by Gasteiger charge is 2.50. The molecule has 1 atom stereocenters. The molecule has 4 aliphatic rings. The summed E-state index contributed by atoms with van der Waals surface area (Å²) in [7, 11) is 0. The van der Waals surface area contributed by atoms with Crippen molar-refractivity contribution in [1.82, 2.24) is 10.2 Å². The molecule has 7 heteroatoms. The van der Waals surface area contributed by atoms with Gasteiger partial charge in [0.25, 0.3) is 0 Å². The lowest BCUT2D eigenvalue weighted by molar-refractivity contribution is -0.147. The Labute approximate surface area is 224 Å². The van der Waals surface area contributed by atoms with E-state index >= 15 is 0 Å². The second-order valence-electron chi connectivity index (χ2n) is 11.8. The van der Waals surface area contributed by atoms with Gasteiger partial charge in [-0.15, -0.1) is 0 Å². The smallest absolute Gasteiger partial charge is 0.408 e. The van der Waals surface area contributed by atoms with Gasteiger partial charge in [-0.3, -0.25) is 9.59 Å². The number of hydrogen-bond donors (Lipinski definition) is 2. The van der Waals surface area contributed by atoms with E-state index in [2.05, 4.69) is 5.32 Å². The van der Waals surface area contributed by atoms with Crippen molar-refractivity contribution in [2.24, 2.45) is 23.7 Å². The first-order valence-electron chi connectivity index (χ1n) is 13.9. The highest BCUT2D eigenvalue weighted by molar-refractivity contribution is 5.92. The van der Waals surface area contributed by atoms with Crippen LogP contribution in [0.1, 0.15) is 50.2 Å². The maximum Gasteiger partial charge on any atom is 0.408 e. The van der Waals surface area contributed by atoms with Gasteiger partial charge in [0.1, 0.15) is 18.2 Å². The number of hydrogen-bond acceptors (Lipinski definition) is 4. The highest BCUT2D eigenvalue weighted by Crippen LogP contribution is 2.54. The predicted octanol–water partition coefficient (Wildman–Crippen LogP) is 4.69. The molecule has 0 heterocycles. The molecule has 2 N–H and O–H groups in total. The van der Waals surface area contributed by atoms with Crippen LogP contribution in [-0.2, 0) is 27.2 Å². The minimum Gasteiger partial charge on any atom is -0.480 e.